The number of carbonyl (C=O) groups is 1. The Kier molecular flexibility index (Phi) is 4.39. The van der Waals surface area contributed by atoms with Crippen LogP contribution in [0.1, 0.15) is 12.0 Å². The van der Waals surface area contributed by atoms with E-state index in [1.807, 2.05) is 18.2 Å². The van der Waals surface area contributed by atoms with Gasteiger partial charge in [-0.25, -0.2) is 5.01 Å². The number of methoxy groups -OCH3 is 2. The lowest BCUT2D eigenvalue weighted by molar-refractivity contribution is -0.126. The van der Waals surface area contributed by atoms with Crippen molar-refractivity contribution in [3.63, 3.8) is 0 Å². The van der Waals surface area contributed by atoms with Crippen LogP contribution in [0.25, 0.3) is 0 Å². The summed E-state index contributed by atoms with van der Waals surface area (Å²) in [5.41, 5.74) is 1.03. The van der Waals surface area contributed by atoms with Crippen LogP contribution in [0, 0.1) is 5.92 Å². The van der Waals surface area contributed by atoms with Crippen molar-refractivity contribution in [3.8, 4) is 11.5 Å². The van der Waals surface area contributed by atoms with Crippen molar-refractivity contribution in [2.45, 2.75) is 12.8 Å². The number of Topliss-reactive ketones (excluding diaryl/α,β-unsaturated/α-hetero) is 1. The maximum absolute atomic E-state index is 11.9. The van der Waals surface area contributed by atoms with Gasteiger partial charge in [-0.2, -0.15) is 0 Å². The van der Waals surface area contributed by atoms with Crippen molar-refractivity contribution in [2.75, 3.05) is 27.3 Å². The number of ketones is 1. The maximum Gasteiger partial charge on any atom is 0.151 e. The normalized spacial score (nSPS) is 20.4. The van der Waals surface area contributed by atoms with Gasteiger partial charge in [-0.05, 0) is 24.5 Å². The van der Waals surface area contributed by atoms with Crippen molar-refractivity contribution in [3.05, 3.63) is 23.8 Å². The first-order valence-corrected chi connectivity index (χ1v) is 6.37. The summed E-state index contributed by atoms with van der Waals surface area (Å²) in [6.45, 7) is 1.10. The topological polar surface area (TPSA) is 64.8 Å². The van der Waals surface area contributed by atoms with Gasteiger partial charge in [0.2, 0.25) is 0 Å². The van der Waals surface area contributed by atoms with Gasteiger partial charge in [0.15, 0.2) is 5.78 Å². The number of hydrogen-bond acceptors (Lipinski definition) is 5. The second-order valence-corrected chi connectivity index (χ2v) is 4.80. The molecule has 2 N–H and O–H groups in total. The molecule has 1 fully saturated rings. The zero-order valence-corrected chi connectivity index (χ0v) is 11.4. The molecule has 1 saturated heterocycles. The standard InChI is InChI=1S/C14H20N2O3/c1-18-12-4-3-11(14(8-12)19-2)7-10-5-6-16(15)9-13(10)17/h3-4,8,10H,5-7,9,15H2,1-2H3. The average molecular weight is 264 g/mol. The lowest BCUT2D eigenvalue weighted by atomic mass is 9.89. The lowest BCUT2D eigenvalue weighted by Crippen LogP contribution is -2.45. The molecule has 0 saturated carbocycles. The molecule has 104 valence electrons. The maximum atomic E-state index is 11.9. The number of hydrogen-bond donors (Lipinski definition) is 1. The predicted molar refractivity (Wildman–Crippen MR) is 72.1 cm³/mol. The number of benzene rings is 1. The molecule has 1 heterocycles. The monoisotopic (exact) mass is 264 g/mol. The molecule has 0 radical (unpaired) electrons. The van der Waals surface area contributed by atoms with Crippen molar-refractivity contribution >= 4 is 5.78 Å². The molecular formula is C14H20N2O3. The number of carbonyl (C=O) groups excluding carboxylic acids is 1. The molecule has 1 aliphatic heterocycles. The van der Waals surface area contributed by atoms with E-state index in [0.717, 1.165) is 30.0 Å². The van der Waals surface area contributed by atoms with E-state index in [0.29, 0.717) is 13.0 Å². The minimum atomic E-state index is 0.0297. The smallest absolute Gasteiger partial charge is 0.151 e. The fourth-order valence-corrected chi connectivity index (χ4v) is 2.39. The first kappa shape index (κ1) is 13.8. The molecule has 2 rings (SSSR count). The summed E-state index contributed by atoms with van der Waals surface area (Å²) in [7, 11) is 3.25. The highest BCUT2D eigenvalue weighted by atomic mass is 16.5. The van der Waals surface area contributed by atoms with Gasteiger partial charge >= 0.3 is 0 Å². The Morgan fingerprint density at radius 1 is 1.37 bits per heavy atom. The van der Waals surface area contributed by atoms with Crippen molar-refractivity contribution in [1.29, 1.82) is 0 Å². The van der Waals surface area contributed by atoms with E-state index in [-0.39, 0.29) is 11.7 Å². The highest BCUT2D eigenvalue weighted by Gasteiger charge is 2.26. The van der Waals surface area contributed by atoms with Crippen molar-refractivity contribution < 1.29 is 14.3 Å². The van der Waals surface area contributed by atoms with E-state index in [4.69, 9.17) is 15.3 Å². The molecule has 0 amide bonds. The van der Waals surface area contributed by atoms with Crippen LogP contribution in [0.4, 0.5) is 0 Å². The van der Waals surface area contributed by atoms with E-state index in [1.165, 1.54) is 0 Å². The van der Waals surface area contributed by atoms with Gasteiger partial charge in [0.05, 0.1) is 20.8 Å². The SMILES string of the molecule is COc1ccc(CC2CCN(N)CC2=O)c(OC)c1. The first-order chi connectivity index (χ1) is 9.13. The van der Waals surface area contributed by atoms with E-state index >= 15 is 0 Å². The largest absolute Gasteiger partial charge is 0.497 e. The van der Waals surface area contributed by atoms with Crippen LogP contribution in [0.2, 0.25) is 0 Å². The third-order valence-electron chi connectivity index (χ3n) is 3.54. The first-order valence-electron chi connectivity index (χ1n) is 6.37. The molecule has 1 aromatic rings. The van der Waals surface area contributed by atoms with Gasteiger partial charge in [0, 0.05) is 18.5 Å². The Balaban J connectivity index is 2.12. The quantitative estimate of drug-likeness (QED) is 0.822. The van der Waals surface area contributed by atoms with Gasteiger partial charge in [0.1, 0.15) is 11.5 Å². The summed E-state index contributed by atoms with van der Waals surface area (Å²) in [5.74, 6) is 7.40. The summed E-state index contributed by atoms with van der Waals surface area (Å²) in [6.07, 6.45) is 1.49. The molecule has 0 aromatic heterocycles. The summed E-state index contributed by atoms with van der Waals surface area (Å²) in [5, 5.41) is 1.57. The minimum Gasteiger partial charge on any atom is -0.497 e. The Hall–Kier alpha value is -1.59. The number of rotatable bonds is 4. The minimum absolute atomic E-state index is 0.0297. The molecule has 19 heavy (non-hydrogen) atoms. The summed E-state index contributed by atoms with van der Waals surface area (Å²) in [4.78, 5) is 11.9. The van der Waals surface area contributed by atoms with Crippen LogP contribution in [-0.2, 0) is 11.2 Å². The van der Waals surface area contributed by atoms with Crippen molar-refractivity contribution in [1.82, 2.24) is 5.01 Å². The molecule has 5 heteroatoms. The highest BCUT2D eigenvalue weighted by Crippen LogP contribution is 2.28. The van der Waals surface area contributed by atoms with Crippen LogP contribution in [0.3, 0.4) is 0 Å². The molecule has 1 aromatic carbocycles. The fourth-order valence-electron chi connectivity index (χ4n) is 2.39. The number of hydrazine groups is 1. The third-order valence-corrected chi connectivity index (χ3v) is 3.54. The summed E-state index contributed by atoms with van der Waals surface area (Å²) in [6, 6.07) is 5.69. The molecule has 1 aliphatic rings. The van der Waals surface area contributed by atoms with Gasteiger partial charge < -0.3 is 9.47 Å². The van der Waals surface area contributed by atoms with E-state index in [1.54, 1.807) is 19.2 Å². The molecule has 0 aliphatic carbocycles. The molecule has 1 unspecified atom stereocenters. The highest BCUT2D eigenvalue weighted by molar-refractivity contribution is 5.84. The number of nitrogens with zero attached hydrogens (tertiary/aromatic N) is 1. The Morgan fingerprint density at radius 3 is 2.79 bits per heavy atom. The van der Waals surface area contributed by atoms with E-state index in [2.05, 4.69) is 0 Å². The van der Waals surface area contributed by atoms with Gasteiger partial charge in [-0.15, -0.1) is 0 Å². The zero-order valence-electron chi connectivity index (χ0n) is 11.4. The third kappa shape index (κ3) is 3.24. The zero-order chi connectivity index (χ0) is 13.8. The Bertz CT molecular complexity index is 462. The van der Waals surface area contributed by atoms with Crippen LogP contribution in [0.5, 0.6) is 11.5 Å². The molecule has 0 bridgehead atoms. The lowest BCUT2D eigenvalue weighted by Gasteiger charge is -2.27. The van der Waals surface area contributed by atoms with Gasteiger partial charge in [-0.1, -0.05) is 6.07 Å². The van der Waals surface area contributed by atoms with Crippen LogP contribution in [0.15, 0.2) is 18.2 Å². The van der Waals surface area contributed by atoms with Gasteiger partial charge in [0.25, 0.3) is 0 Å². The van der Waals surface area contributed by atoms with Crippen molar-refractivity contribution in [2.24, 2.45) is 11.8 Å². The van der Waals surface area contributed by atoms with E-state index < -0.39 is 0 Å². The molecule has 0 spiro atoms. The Labute approximate surface area is 113 Å². The molecular weight excluding hydrogens is 244 g/mol. The average Bonchev–Trinajstić information content (AvgIpc) is 2.42. The fraction of sp³-hybridized carbons (Fsp3) is 0.500. The number of nitrogens with two attached hydrogens (primary N) is 1. The van der Waals surface area contributed by atoms with Crippen LogP contribution >= 0.6 is 0 Å². The number of ether oxygens (including phenoxy) is 2. The van der Waals surface area contributed by atoms with Crippen LogP contribution in [-0.4, -0.2) is 38.1 Å². The second kappa shape index (κ2) is 6.04. The van der Waals surface area contributed by atoms with Crippen LogP contribution < -0.4 is 15.3 Å². The Morgan fingerprint density at radius 2 is 2.16 bits per heavy atom. The van der Waals surface area contributed by atoms with Gasteiger partial charge in [-0.3, -0.25) is 10.6 Å². The second-order valence-electron chi connectivity index (χ2n) is 4.80. The van der Waals surface area contributed by atoms with E-state index in [9.17, 15) is 4.79 Å². The summed E-state index contributed by atoms with van der Waals surface area (Å²) >= 11 is 0. The molecule has 5 nitrogen and oxygen atoms in total. The molecule has 1 atom stereocenters. The predicted octanol–water partition coefficient (Wildman–Crippen LogP) is 1.01. The summed E-state index contributed by atoms with van der Waals surface area (Å²) < 4.78 is 10.5. The number of piperidine rings is 1.